The molecule has 5 unspecified atom stereocenters. The summed E-state index contributed by atoms with van der Waals surface area (Å²) in [5, 5.41) is 10.7. The predicted molar refractivity (Wildman–Crippen MR) is 436 cm³/mol. The van der Waals surface area contributed by atoms with E-state index in [-0.39, 0.29) is 25.7 Å². The van der Waals surface area contributed by atoms with Crippen LogP contribution < -0.4 is 0 Å². The summed E-state index contributed by atoms with van der Waals surface area (Å²) in [6.45, 7) is 4.71. The third kappa shape index (κ3) is 77.9. The van der Waals surface area contributed by atoms with Gasteiger partial charge in [-0.15, -0.1) is 0 Å². The topological polar surface area (TPSA) is 237 Å². The Morgan fingerprint density at radius 3 is 0.783 bits per heavy atom. The highest BCUT2D eigenvalue weighted by Crippen LogP contribution is 2.45. The van der Waals surface area contributed by atoms with E-state index in [0.29, 0.717) is 25.7 Å². The smallest absolute Gasteiger partial charge is 0.462 e. The van der Waals surface area contributed by atoms with E-state index in [2.05, 4.69) is 137 Å². The summed E-state index contributed by atoms with van der Waals surface area (Å²) in [6.07, 6.45) is 86.1. The van der Waals surface area contributed by atoms with Crippen LogP contribution in [0.3, 0.4) is 0 Å². The highest BCUT2D eigenvalue weighted by molar-refractivity contribution is 7.47. The van der Waals surface area contributed by atoms with E-state index in [1.807, 2.05) is 0 Å². The van der Waals surface area contributed by atoms with Gasteiger partial charge in [-0.2, -0.15) is 0 Å². The molecule has 0 amide bonds. The van der Waals surface area contributed by atoms with Gasteiger partial charge in [0.1, 0.15) is 19.3 Å². The first-order chi connectivity index (χ1) is 51.7. The van der Waals surface area contributed by atoms with Gasteiger partial charge in [0.15, 0.2) is 12.2 Å². The van der Waals surface area contributed by atoms with E-state index in [4.69, 9.17) is 37.0 Å². The summed E-state index contributed by atoms with van der Waals surface area (Å²) in [6, 6.07) is 0. The van der Waals surface area contributed by atoms with E-state index in [0.717, 1.165) is 205 Å². The lowest BCUT2D eigenvalue weighted by atomic mass is 10.1. The van der Waals surface area contributed by atoms with Crippen molar-refractivity contribution < 1.29 is 80.2 Å². The number of esters is 4. The van der Waals surface area contributed by atoms with Crippen molar-refractivity contribution in [2.45, 2.75) is 380 Å². The molecule has 17 nitrogen and oxygen atoms in total. The maximum absolute atomic E-state index is 13.1. The number of allylic oxidation sites excluding steroid dienone is 18. The summed E-state index contributed by atoms with van der Waals surface area (Å²) in [5.74, 6) is -2.21. The highest BCUT2D eigenvalue weighted by atomic mass is 31.2. The number of phosphoric ester groups is 2. The van der Waals surface area contributed by atoms with Gasteiger partial charge in [-0.05, 0) is 154 Å². The Labute approximate surface area is 645 Å². The van der Waals surface area contributed by atoms with Gasteiger partial charge in [0, 0.05) is 25.7 Å². The Morgan fingerprint density at radius 2 is 0.491 bits per heavy atom. The fourth-order valence-corrected chi connectivity index (χ4v) is 12.8. The second-order valence-electron chi connectivity index (χ2n) is 28.0. The van der Waals surface area contributed by atoms with E-state index in [1.54, 1.807) is 0 Å². The number of rotatable bonds is 79. The van der Waals surface area contributed by atoms with Crippen molar-refractivity contribution in [3.63, 3.8) is 0 Å². The van der Waals surface area contributed by atoms with Gasteiger partial charge in [-0.25, -0.2) is 9.13 Å². The Bertz CT molecular complexity index is 2430. The standard InChI is InChI=1S/C87H152O17P2/c1-5-9-13-17-21-25-29-33-37-39-40-42-45-48-52-56-60-64-68-72-85(90)98-78-83(104-87(92)74-70-66-62-58-54-50-46-41-38-34-30-26-22-18-14-10-6-2)80-102-106(95,96)100-76-81(88)75-99-105(93,94)101-79-82(103-86(91)73-69-65-61-57-53-49-44-36-32-28-24-20-16-12-8-4)77-97-84(89)71-67-63-59-55-51-47-43-35-31-27-23-19-15-11-7-3/h10,14,21-23,25-27,33-38,40,42-44,81-83,88H,5-9,11-13,15-20,24,28-32,39,41,45-80H2,1-4H3,(H,93,94)(H,95,96)/b14-10-,25-21-,26-22-,27-23-,37-33-,38-34-,42-40-,43-35-,44-36-. The van der Waals surface area contributed by atoms with Crippen LogP contribution in [0.1, 0.15) is 362 Å². The lowest BCUT2D eigenvalue weighted by Crippen LogP contribution is -2.30. The minimum Gasteiger partial charge on any atom is -0.462 e. The van der Waals surface area contributed by atoms with Crippen LogP contribution in [0.25, 0.3) is 0 Å². The molecule has 0 rings (SSSR count). The van der Waals surface area contributed by atoms with E-state index >= 15 is 0 Å². The van der Waals surface area contributed by atoms with Crippen molar-refractivity contribution in [2.24, 2.45) is 0 Å². The first-order valence-corrected chi connectivity index (χ1v) is 45.1. The highest BCUT2D eigenvalue weighted by Gasteiger charge is 2.30. The molecule has 0 aliphatic rings. The van der Waals surface area contributed by atoms with E-state index in [9.17, 15) is 43.2 Å². The third-order valence-electron chi connectivity index (χ3n) is 17.7. The molecule has 0 bridgehead atoms. The molecular formula is C87H152O17P2. The Hall–Kier alpha value is -4.28. The van der Waals surface area contributed by atoms with Crippen molar-refractivity contribution in [3.05, 3.63) is 109 Å². The van der Waals surface area contributed by atoms with Crippen molar-refractivity contribution >= 4 is 39.5 Å². The van der Waals surface area contributed by atoms with Crippen LogP contribution in [0.15, 0.2) is 109 Å². The van der Waals surface area contributed by atoms with Crippen LogP contribution in [0, 0.1) is 0 Å². The van der Waals surface area contributed by atoms with Crippen LogP contribution in [0.4, 0.5) is 0 Å². The minimum atomic E-state index is -4.99. The first-order valence-electron chi connectivity index (χ1n) is 42.1. The summed E-state index contributed by atoms with van der Waals surface area (Å²) < 4.78 is 68.8. The van der Waals surface area contributed by atoms with Crippen molar-refractivity contribution in [1.29, 1.82) is 0 Å². The Balaban J connectivity index is 5.39. The molecule has 0 spiro atoms. The SMILES string of the molecule is CC/C=C\C/C=C\C/C=C\CCCCCCCCCC(=O)OC(COC(=O)CCCCCCCC/C=C\C/C=C\C/C=C\CCCCC)COP(=O)(O)OCC(O)COP(=O)(O)OCC(COC(=O)CCCCCCC/C=C\C/C=C\CCCCC)OC(=O)CCCCCCC/C=C\CCCCCCCC. The van der Waals surface area contributed by atoms with Gasteiger partial charge in [-0.1, -0.05) is 291 Å². The molecule has 106 heavy (non-hydrogen) atoms. The number of hydrogen-bond donors (Lipinski definition) is 3. The molecular weight excluding hydrogens is 1380 g/mol. The number of hydrogen-bond acceptors (Lipinski definition) is 15. The lowest BCUT2D eigenvalue weighted by molar-refractivity contribution is -0.161. The largest absolute Gasteiger partial charge is 0.472 e. The van der Waals surface area contributed by atoms with Crippen LogP contribution >= 0.6 is 15.6 Å². The third-order valence-corrected chi connectivity index (χ3v) is 19.6. The van der Waals surface area contributed by atoms with Crippen LogP contribution in [0.5, 0.6) is 0 Å². The quantitative estimate of drug-likeness (QED) is 0.0169. The van der Waals surface area contributed by atoms with Gasteiger partial charge < -0.3 is 33.8 Å². The number of carbonyl (C=O) groups excluding carboxylic acids is 4. The summed E-state index contributed by atoms with van der Waals surface area (Å²) in [4.78, 5) is 73.2. The zero-order valence-electron chi connectivity index (χ0n) is 67.1. The number of carbonyl (C=O) groups is 4. The number of aliphatic hydroxyl groups is 1. The minimum absolute atomic E-state index is 0.0794. The van der Waals surface area contributed by atoms with Gasteiger partial charge in [0.05, 0.1) is 26.4 Å². The Kier molecular flexibility index (Phi) is 75.6. The maximum atomic E-state index is 13.1. The van der Waals surface area contributed by atoms with Crippen molar-refractivity contribution in [2.75, 3.05) is 39.6 Å². The number of unbranched alkanes of at least 4 members (excludes halogenated alkanes) is 35. The summed E-state index contributed by atoms with van der Waals surface area (Å²) in [5.41, 5.74) is 0. The van der Waals surface area contributed by atoms with Crippen molar-refractivity contribution in [3.8, 4) is 0 Å². The maximum Gasteiger partial charge on any atom is 0.472 e. The molecule has 0 fully saturated rings. The van der Waals surface area contributed by atoms with Crippen molar-refractivity contribution in [1.82, 2.24) is 0 Å². The lowest BCUT2D eigenvalue weighted by Gasteiger charge is -2.21. The molecule has 19 heteroatoms. The Morgan fingerprint density at radius 1 is 0.274 bits per heavy atom. The van der Waals surface area contributed by atoms with Crippen LogP contribution in [0.2, 0.25) is 0 Å². The van der Waals surface area contributed by atoms with Gasteiger partial charge in [-0.3, -0.25) is 37.3 Å². The van der Waals surface area contributed by atoms with Gasteiger partial charge in [0.2, 0.25) is 0 Å². The molecule has 0 aromatic rings. The van der Waals surface area contributed by atoms with Crippen LogP contribution in [-0.4, -0.2) is 96.7 Å². The summed E-state index contributed by atoms with van der Waals surface area (Å²) in [7, 11) is -9.97. The second-order valence-corrected chi connectivity index (χ2v) is 30.9. The molecule has 3 N–H and O–H groups in total. The number of phosphoric acid groups is 2. The van der Waals surface area contributed by atoms with E-state index in [1.165, 1.54) is 77.0 Å². The molecule has 0 radical (unpaired) electrons. The molecule has 0 aromatic heterocycles. The fourth-order valence-electron chi connectivity index (χ4n) is 11.3. The zero-order chi connectivity index (χ0) is 77.4. The summed E-state index contributed by atoms with van der Waals surface area (Å²) >= 11 is 0. The molecule has 612 valence electrons. The van der Waals surface area contributed by atoms with Crippen LogP contribution in [-0.2, 0) is 65.4 Å². The molecule has 0 heterocycles. The molecule has 0 saturated carbocycles. The molecule has 0 aliphatic carbocycles. The van der Waals surface area contributed by atoms with Gasteiger partial charge >= 0.3 is 39.5 Å². The molecule has 0 aliphatic heterocycles. The zero-order valence-corrected chi connectivity index (χ0v) is 68.9. The second kappa shape index (κ2) is 78.8. The average Bonchev–Trinajstić information content (AvgIpc) is 0.907. The molecule has 5 atom stereocenters. The molecule has 0 saturated heterocycles. The monoisotopic (exact) mass is 1530 g/mol. The predicted octanol–water partition coefficient (Wildman–Crippen LogP) is 24.9. The number of aliphatic hydroxyl groups excluding tert-OH is 1. The fraction of sp³-hybridized carbons (Fsp3) is 0.747. The first kappa shape index (κ1) is 102. The van der Waals surface area contributed by atoms with Gasteiger partial charge in [0.25, 0.3) is 0 Å². The average molecular weight is 1530 g/mol. The normalized spacial score (nSPS) is 14.4. The number of ether oxygens (including phenoxy) is 4. The molecule has 0 aromatic carbocycles. The van der Waals surface area contributed by atoms with E-state index < -0.39 is 97.5 Å².